The molecule has 0 spiro atoms. The molecule has 0 aliphatic carbocycles. The third-order valence-corrected chi connectivity index (χ3v) is 4.73. The van der Waals surface area contributed by atoms with E-state index < -0.39 is 0 Å². The molecule has 1 aromatic carbocycles. The molecular weight excluding hydrogens is 302 g/mol. The quantitative estimate of drug-likeness (QED) is 0.776. The van der Waals surface area contributed by atoms with E-state index in [1.807, 2.05) is 30.0 Å². The van der Waals surface area contributed by atoms with E-state index in [1.54, 1.807) is 0 Å². The molecule has 24 heavy (non-hydrogen) atoms. The minimum Gasteiger partial charge on any atom is -0.342 e. The van der Waals surface area contributed by atoms with E-state index in [0.717, 1.165) is 47.5 Å². The predicted molar refractivity (Wildman–Crippen MR) is 91.6 cm³/mol. The van der Waals surface area contributed by atoms with Gasteiger partial charge in [-0.15, -0.1) is 0 Å². The van der Waals surface area contributed by atoms with Crippen molar-refractivity contribution < 1.29 is 4.79 Å². The third kappa shape index (κ3) is 2.58. The topological polar surface area (TPSA) is 77.7 Å². The molecule has 6 nitrogen and oxygen atoms in total. The number of carbonyl (C=O) groups excluding carboxylic acids is 1. The second-order valence-corrected chi connectivity index (χ2v) is 6.40. The molecule has 6 heteroatoms. The molecule has 2 aromatic heterocycles. The Balaban J connectivity index is 1.51. The first kappa shape index (κ1) is 14.9. The summed E-state index contributed by atoms with van der Waals surface area (Å²) in [4.78, 5) is 22.3. The highest BCUT2D eigenvalue weighted by molar-refractivity contribution is 5.82. The van der Waals surface area contributed by atoms with Crippen LogP contribution in [0.2, 0.25) is 0 Å². The number of aryl methyl sites for hydroxylation is 2. The summed E-state index contributed by atoms with van der Waals surface area (Å²) in [6.07, 6.45) is 2.17. The maximum absolute atomic E-state index is 12.7. The van der Waals surface area contributed by atoms with Crippen LogP contribution in [0.25, 0.3) is 11.0 Å². The van der Waals surface area contributed by atoms with E-state index in [1.165, 1.54) is 11.3 Å². The monoisotopic (exact) mass is 323 g/mol. The standard InChI is InChI=1S/C18H21N5O/c1-3-14-13-10-23(7-6-15(13)22-21-14)18(24)9-12-4-5-16-17(8-12)20-11(2)19-16/h4-5,8H,3,6-7,9-10H2,1-2H3,(H,19,20)(H,21,22). The summed E-state index contributed by atoms with van der Waals surface area (Å²) in [7, 11) is 0. The van der Waals surface area contributed by atoms with Crippen LogP contribution < -0.4 is 0 Å². The summed E-state index contributed by atoms with van der Waals surface area (Å²) < 4.78 is 0. The van der Waals surface area contributed by atoms with Crippen molar-refractivity contribution in [3.8, 4) is 0 Å². The number of hydrogen-bond donors (Lipinski definition) is 2. The molecule has 1 amide bonds. The number of carbonyl (C=O) groups is 1. The van der Waals surface area contributed by atoms with Gasteiger partial charge < -0.3 is 9.88 Å². The lowest BCUT2D eigenvalue weighted by molar-refractivity contribution is -0.131. The lowest BCUT2D eigenvalue weighted by Gasteiger charge is -2.27. The molecule has 124 valence electrons. The molecule has 4 rings (SSSR count). The number of amides is 1. The van der Waals surface area contributed by atoms with Gasteiger partial charge in [-0.25, -0.2) is 4.98 Å². The van der Waals surface area contributed by atoms with Crippen molar-refractivity contribution >= 4 is 16.9 Å². The molecule has 2 N–H and O–H groups in total. The van der Waals surface area contributed by atoms with Gasteiger partial charge in [-0.3, -0.25) is 9.89 Å². The number of fused-ring (bicyclic) bond motifs is 2. The van der Waals surface area contributed by atoms with Crippen LogP contribution in [0, 0.1) is 6.92 Å². The van der Waals surface area contributed by atoms with Crippen molar-refractivity contribution in [1.29, 1.82) is 0 Å². The van der Waals surface area contributed by atoms with Crippen LogP contribution in [-0.4, -0.2) is 37.5 Å². The number of imidazole rings is 1. The number of H-pyrrole nitrogens is 2. The van der Waals surface area contributed by atoms with Gasteiger partial charge in [-0.05, 0) is 31.0 Å². The van der Waals surface area contributed by atoms with Crippen LogP contribution in [0.1, 0.15) is 35.3 Å². The number of rotatable bonds is 3. The fraction of sp³-hybridized carbons (Fsp3) is 0.389. The van der Waals surface area contributed by atoms with E-state index in [9.17, 15) is 4.79 Å². The first-order valence-corrected chi connectivity index (χ1v) is 8.42. The summed E-state index contributed by atoms with van der Waals surface area (Å²) in [5.41, 5.74) is 6.42. The Hall–Kier alpha value is -2.63. The zero-order valence-corrected chi connectivity index (χ0v) is 14.0. The van der Waals surface area contributed by atoms with Gasteiger partial charge in [0.2, 0.25) is 5.91 Å². The average molecular weight is 323 g/mol. The van der Waals surface area contributed by atoms with Crippen LogP contribution in [0.5, 0.6) is 0 Å². The minimum atomic E-state index is 0.166. The van der Waals surface area contributed by atoms with Gasteiger partial charge in [-0.2, -0.15) is 5.10 Å². The molecule has 1 aliphatic rings. The SMILES string of the molecule is CCc1n[nH]c2c1CN(C(=O)Cc1ccc3nc(C)[nH]c3c1)CC2. The van der Waals surface area contributed by atoms with Gasteiger partial charge in [0.25, 0.3) is 0 Å². The second kappa shape index (κ2) is 5.78. The Labute approximate surface area is 140 Å². The van der Waals surface area contributed by atoms with E-state index in [2.05, 4.69) is 27.1 Å². The highest BCUT2D eigenvalue weighted by Crippen LogP contribution is 2.22. The average Bonchev–Trinajstić information content (AvgIpc) is 3.15. The van der Waals surface area contributed by atoms with Crippen LogP contribution >= 0.6 is 0 Å². The summed E-state index contributed by atoms with van der Waals surface area (Å²) in [6.45, 7) is 5.45. The zero-order chi connectivity index (χ0) is 16.7. The largest absolute Gasteiger partial charge is 0.342 e. The first-order valence-electron chi connectivity index (χ1n) is 8.42. The number of nitrogens with one attached hydrogen (secondary N) is 2. The van der Waals surface area contributed by atoms with Crippen molar-refractivity contribution in [3.63, 3.8) is 0 Å². The maximum Gasteiger partial charge on any atom is 0.227 e. The smallest absolute Gasteiger partial charge is 0.227 e. The molecule has 0 unspecified atom stereocenters. The lowest BCUT2D eigenvalue weighted by Crippen LogP contribution is -2.37. The molecular formula is C18H21N5O. The first-order chi connectivity index (χ1) is 11.6. The maximum atomic E-state index is 12.7. The van der Waals surface area contributed by atoms with Gasteiger partial charge in [0.15, 0.2) is 0 Å². The fourth-order valence-electron chi connectivity index (χ4n) is 3.44. The molecule has 1 aliphatic heterocycles. The van der Waals surface area contributed by atoms with Crippen molar-refractivity contribution in [2.75, 3.05) is 6.54 Å². The Bertz CT molecular complexity index is 894. The molecule has 0 fully saturated rings. The summed E-state index contributed by atoms with van der Waals surface area (Å²) in [5, 5.41) is 7.47. The fourth-order valence-corrected chi connectivity index (χ4v) is 3.44. The summed E-state index contributed by atoms with van der Waals surface area (Å²) >= 11 is 0. The summed E-state index contributed by atoms with van der Waals surface area (Å²) in [6, 6.07) is 5.99. The number of hydrogen-bond acceptors (Lipinski definition) is 3. The molecule has 0 bridgehead atoms. The lowest BCUT2D eigenvalue weighted by atomic mass is 10.0. The van der Waals surface area contributed by atoms with E-state index in [0.29, 0.717) is 13.0 Å². The predicted octanol–water partition coefficient (Wildman–Crippen LogP) is 2.28. The van der Waals surface area contributed by atoms with Gasteiger partial charge >= 0.3 is 0 Å². The third-order valence-electron chi connectivity index (χ3n) is 4.73. The molecule has 3 aromatic rings. The molecule has 0 saturated heterocycles. The van der Waals surface area contributed by atoms with Crippen LogP contribution in [0.15, 0.2) is 18.2 Å². The van der Waals surface area contributed by atoms with Crippen LogP contribution in [0.3, 0.4) is 0 Å². The highest BCUT2D eigenvalue weighted by atomic mass is 16.2. The Morgan fingerprint density at radius 3 is 3.08 bits per heavy atom. The minimum absolute atomic E-state index is 0.166. The Kier molecular flexibility index (Phi) is 3.59. The second-order valence-electron chi connectivity index (χ2n) is 6.40. The van der Waals surface area contributed by atoms with Crippen LogP contribution in [-0.2, 0) is 30.6 Å². The van der Waals surface area contributed by atoms with Crippen molar-refractivity contribution in [2.24, 2.45) is 0 Å². The van der Waals surface area contributed by atoms with E-state index >= 15 is 0 Å². The molecule has 0 radical (unpaired) electrons. The molecule has 0 saturated carbocycles. The van der Waals surface area contributed by atoms with Gasteiger partial charge in [-0.1, -0.05) is 13.0 Å². The van der Waals surface area contributed by atoms with Crippen molar-refractivity contribution in [3.05, 3.63) is 46.5 Å². The van der Waals surface area contributed by atoms with Crippen molar-refractivity contribution in [2.45, 2.75) is 39.7 Å². The number of nitrogens with zero attached hydrogens (tertiary/aromatic N) is 3. The normalized spacial score (nSPS) is 14.2. The Morgan fingerprint density at radius 1 is 1.38 bits per heavy atom. The van der Waals surface area contributed by atoms with Gasteiger partial charge in [0.1, 0.15) is 5.82 Å². The Morgan fingerprint density at radius 2 is 2.25 bits per heavy atom. The highest BCUT2D eigenvalue weighted by Gasteiger charge is 2.24. The van der Waals surface area contributed by atoms with Gasteiger partial charge in [0.05, 0.1) is 23.1 Å². The number of benzene rings is 1. The number of aromatic nitrogens is 4. The molecule has 0 atom stereocenters. The van der Waals surface area contributed by atoms with E-state index in [-0.39, 0.29) is 5.91 Å². The molecule has 3 heterocycles. The number of aromatic amines is 2. The van der Waals surface area contributed by atoms with E-state index in [4.69, 9.17) is 0 Å². The summed E-state index contributed by atoms with van der Waals surface area (Å²) in [5.74, 6) is 1.06. The zero-order valence-electron chi connectivity index (χ0n) is 14.0. The van der Waals surface area contributed by atoms with Crippen molar-refractivity contribution in [1.82, 2.24) is 25.1 Å². The van der Waals surface area contributed by atoms with Gasteiger partial charge in [0, 0.05) is 30.8 Å². The van der Waals surface area contributed by atoms with Crippen LogP contribution in [0.4, 0.5) is 0 Å².